The Morgan fingerprint density at radius 1 is 1.03 bits per heavy atom. The Morgan fingerprint density at radius 3 is 2.56 bits per heavy atom. The average Bonchev–Trinajstić information content (AvgIpc) is 3.25. The maximum atomic E-state index is 12.0. The summed E-state index contributed by atoms with van der Waals surface area (Å²) >= 11 is 0. The summed E-state index contributed by atoms with van der Waals surface area (Å²) in [4.78, 5) is 27.7. The van der Waals surface area contributed by atoms with Crippen LogP contribution in [-0.2, 0) is 38.5 Å². The number of nitrogens with zero attached hydrogens (tertiary/aromatic N) is 4. The first-order valence-corrected chi connectivity index (χ1v) is 12.3. The van der Waals surface area contributed by atoms with Gasteiger partial charge in [0.1, 0.15) is 23.8 Å². The number of ether oxygens (including phenoxy) is 2. The van der Waals surface area contributed by atoms with Gasteiger partial charge in [-0.05, 0) is 0 Å². The third kappa shape index (κ3) is 4.85. The molecule has 3 aliphatic rings. The third-order valence-electron chi connectivity index (χ3n) is 4.78. The van der Waals surface area contributed by atoms with Crippen molar-refractivity contribution in [3.8, 4) is 0 Å². The number of aromatic nitrogens is 4. The lowest BCUT2D eigenvalue weighted by atomic mass is 10.1. The van der Waals surface area contributed by atoms with Crippen LogP contribution in [0.25, 0.3) is 11.2 Å². The summed E-state index contributed by atoms with van der Waals surface area (Å²) in [5.74, 6) is 0. The fourth-order valence-electron chi connectivity index (χ4n) is 3.24. The molecule has 0 aromatic carbocycles. The molecule has 5 heterocycles. The van der Waals surface area contributed by atoms with E-state index in [9.17, 15) is 29.1 Å². The number of phosphoric ester groups is 2. The van der Waals surface area contributed by atoms with E-state index in [2.05, 4.69) is 23.3 Å². The lowest BCUT2D eigenvalue weighted by Crippen LogP contribution is -2.33. The van der Waals surface area contributed by atoms with Crippen LogP contribution in [0, 0.1) is 5.41 Å². The smallest absolute Gasteiger partial charge is 0.387 e. The van der Waals surface area contributed by atoms with Gasteiger partial charge in [0.15, 0.2) is 17.4 Å². The van der Waals surface area contributed by atoms with Gasteiger partial charge in [0.05, 0.1) is 39.1 Å². The van der Waals surface area contributed by atoms with Gasteiger partial charge in [-0.25, -0.2) is 19.1 Å². The van der Waals surface area contributed by atoms with Crippen LogP contribution < -0.4 is 5.49 Å². The zero-order chi connectivity index (χ0) is 23.1. The monoisotopic (exact) mass is 497 g/mol. The second-order valence-electron chi connectivity index (χ2n) is 6.92. The maximum Gasteiger partial charge on any atom is 0.481 e. The number of hydrogen-bond donors (Lipinski definition) is 5. The first kappa shape index (κ1) is 23.6. The fourth-order valence-corrected chi connectivity index (χ4v) is 5.30. The Hall–Kier alpha value is -1.55. The highest BCUT2D eigenvalue weighted by molar-refractivity contribution is 7.61. The Kier molecular flexibility index (Phi) is 6.64. The molecule has 2 aromatic rings. The molecule has 0 saturated carbocycles. The lowest BCUT2D eigenvalue weighted by molar-refractivity contribution is -0.0504. The molecular weight excluding hydrogens is 476 g/mol. The van der Waals surface area contributed by atoms with E-state index in [0.717, 1.165) is 0 Å². The van der Waals surface area contributed by atoms with Crippen LogP contribution in [-0.4, -0.2) is 83.8 Å². The molecule has 32 heavy (non-hydrogen) atoms. The molecule has 0 aliphatic carbocycles. The van der Waals surface area contributed by atoms with Crippen LogP contribution in [0.4, 0.5) is 0 Å². The third-order valence-corrected chi connectivity index (χ3v) is 7.41. The molecule has 5 rings (SSSR count). The van der Waals surface area contributed by atoms with E-state index in [1.54, 1.807) is 0 Å². The first-order valence-electron chi connectivity index (χ1n) is 9.30. The Morgan fingerprint density at radius 2 is 1.78 bits per heavy atom. The number of hydrogen-bond acceptors (Lipinski definition) is 12. The molecule has 1 saturated heterocycles. The van der Waals surface area contributed by atoms with E-state index in [1.807, 2.05) is 0 Å². The van der Waals surface area contributed by atoms with Gasteiger partial charge in [0.25, 0.3) is 0 Å². The molecule has 5 N–H and O–H groups in total. The van der Waals surface area contributed by atoms with E-state index < -0.39 is 53.4 Å². The summed E-state index contributed by atoms with van der Waals surface area (Å²) in [5, 5.41) is 29.0. The summed E-state index contributed by atoms with van der Waals surface area (Å²) in [6.07, 6.45) is -2.93. The average molecular weight is 497 g/mol. The molecule has 3 aliphatic heterocycles. The zero-order valence-electron chi connectivity index (χ0n) is 16.3. The van der Waals surface area contributed by atoms with Gasteiger partial charge in [0, 0.05) is 6.54 Å². The fraction of sp³-hybridized carbons (Fsp3) is 0.643. The molecule has 2 aromatic heterocycles. The number of phosphoric acid groups is 2. The Labute approximate surface area is 179 Å². The number of nitrogens with one attached hydrogen (secondary N) is 1. The first-order chi connectivity index (χ1) is 15.1. The number of imidazole rings is 1. The highest BCUT2D eigenvalue weighted by Gasteiger charge is 2.46. The minimum Gasteiger partial charge on any atom is -0.387 e. The predicted molar refractivity (Wildman–Crippen MR) is 101 cm³/mol. The summed E-state index contributed by atoms with van der Waals surface area (Å²) in [5.41, 5.74) is 0.413. The predicted octanol–water partition coefficient (Wildman–Crippen LogP) is -1.39. The molecule has 0 amide bonds. The molecule has 16 nitrogen and oxygen atoms in total. The summed E-state index contributed by atoms with van der Waals surface area (Å²) in [6, 6.07) is 0. The molecule has 18 heteroatoms. The second-order valence-corrected chi connectivity index (χ2v) is 9.96. The van der Waals surface area contributed by atoms with Crippen molar-refractivity contribution in [2.45, 2.75) is 31.1 Å². The van der Waals surface area contributed by atoms with E-state index in [4.69, 9.17) is 14.9 Å². The van der Waals surface area contributed by atoms with Crippen LogP contribution in [0.1, 0.15) is 6.23 Å². The van der Waals surface area contributed by atoms with Gasteiger partial charge in [-0.1, -0.05) is 0 Å². The largest absolute Gasteiger partial charge is 0.481 e. The van der Waals surface area contributed by atoms with Crippen molar-refractivity contribution in [3.63, 3.8) is 0 Å². The van der Waals surface area contributed by atoms with Gasteiger partial charge < -0.3 is 34.0 Å². The molecule has 0 spiro atoms. The van der Waals surface area contributed by atoms with Crippen molar-refractivity contribution in [1.82, 2.24) is 19.1 Å². The topological polar surface area (TPSA) is 221 Å². The summed E-state index contributed by atoms with van der Waals surface area (Å²) < 4.78 is 50.9. The zero-order valence-corrected chi connectivity index (χ0v) is 18.1. The molecule has 2 unspecified atom stereocenters. The van der Waals surface area contributed by atoms with Crippen molar-refractivity contribution in [2.24, 2.45) is 0 Å². The van der Waals surface area contributed by atoms with Gasteiger partial charge in [-0.3, -0.25) is 19.0 Å². The minimum atomic E-state index is -5.10. The Bertz CT molecular complexity index is 1140. The van der Waals surface area contributed by atoms with Crippen molar-refractivity contribution in [3.05, 3.63) is 18.1 Å². The van der Waals surface area contributed by atoms with Crippen molar-refractivity contribution >= 4 is 26.8 Å². The SMILES string of the molecule is N=c1c2ncn3c2ncn1CCOCCOP(=O)(O)OP(=O)(O)OC[C@H]1O[C@@H]3[C@H](O)[C@@H]1O. The molecule has 6 atom stereocenters. The summed E-state index contributed by atoms with van der Waals surface area (Å²) in [7, 11) is -10.1. The minimum absolute atomic E-state index is 0.00825. The van der Waals surface area contributed by atoms with Crippen molar-refractivity contribution in [2.75, 3.05) is 26.4 Å². The number of aliphatic hydroxyl groups excluding tert-OH is 2. The normalized spacial score (nSPS) is 37.4. The van der Waals surface area contributed by atoms with Crippen molar-refractivity contribution < 1.29 is 52.0 Å². The van der Waals surface area contributed by atoms with E-state index in [0.29, 0.717) is 0 Å². The quantitative estimate of drug-likeness (QED) is 0.265. The van der Waals surface area contributed by atoms with Crippen LogP contribution >= 0.6 is 15.6 Å². The van der Waals surface area contributed by atoms with E-state index in [1.165, 1.54) is 21.8 Å². The maximum absolute atomic E-state index is 12.0. The highest BCUT2D eigenvalue weighted by atomic mass is 31.3. The van der Waals surface area contributed by atoms with Crippen LogP contribution in [0.5, 0.6) is 0 Å². The number of fused-ring (bicyclic) bond motifs is 11. The van der Waals surface area contributed by atoms with E-state index in [-0.39, 0.29) is 36.4 Å². The number of rotatable bonds is 0. The van der Waals surface area contributed by atoms with Gasteiger partial charge in [-0.15, -0.1) is 0 Å². The molecule has 0 radical (unpaired) electrons. The van der Waals surface area contributed by atoms with Gasteiger partial charge in [-0.2, -0.15) is 4.31 Å². The molecule has 178 valence electrons. The Balaban J connectivity index is 1.65. The van der Waals surface area contributed by atoms with Gasteiger partial charge >= 0.3 is 15.6 Å². The van der Waals surface area contributed by atoms with Crippen LogP contribution in [0.15, 0.2) is 12.7 Å². The molecule has 6 bridgehead atoms. The van der Waals surface area contributed by atoms with E-state index >= 15 is 0 Å². The van der Waals surface area contributed by atoms with Gasteiger partial charge in [0.2, 0.25) is 0 Å². The van der Waals surface area contributed by atoms with Crippen LogP contribution in [0.3, 0.4) is 0 Å². The molecule has 1 fully saturated rings. The molecular formula is C14H21N5O11P2. The second kappa shape index (κ2) is 9.00. The standard InChI is InChI=1S/C14H21N5O11P2/c15-12-9-13-17-6-18(12)1-2-26-3-4-27-31(22,23)30-32(24,25)28-5-8-10(20)11(21)14(29-8)19(13)7-16-9/h6-8,10-11,14-15,20-21H,1-5H2,(H,22,23)(H,24,25)/t8-,10-,11-,14-/m1/s1. The lowest BCUT2D eigenvalue weighted by Gasteiger charge is -2.19. The summed E-state index contributed by atoms with van der Waals surface area (Å²) in [6.45, 7) is -1.07. The van der Waals surface area contributed by atoms with Crippen molar-refractivity contribution in [1.29, 1.82) is 5.41 Å². The number of aliphatic hydroxyl groups is 2. The highest BCUT2D eigenvalue weighted by Crippen LogP contribution is 2.60. The van der Waals surface area contributed by atoms with Crippen LogP contribution in [0.2, 0.25) is 0 Å².